The van der Waals surface area contributed by atoms with E-state index in [4.69, 9.17) is 4.74 Å². The minimum absolute atomic E-state index is 0.0720. The van der Waals surface area contributed by atoms with Crippen LogP contribution in [0, 0.1) is 11.8 Å². The molecule has 0 spiro atoms. The number of hydrogen-bond donors (Lipinski definition) is 2. The smallest absolute Gasteiger partial charge is 0.315 e. The maximum atomic E-state index is 12.5. The normalized spacial score (nSPS) is 35.2. The summed E-state index contributed by atoms with van der Waals surface area (Å²) in [5, 5.41) is 6.54. The maximum Gasteiger partial charge on any atom is 0.315 e. The highest BCUT2D eigenvalue weighted by Crippen LogP contribution is 2.38. The molecule has 4 nitrogen and oxygen atoms in total. The number of carbonyl (C=O) groups excluding carboxylic acids is 1. The molecule has 4 saturated carbocycles. The summed E-state index contributed by atoms with van der Waals surface area (Å²) in [6.45, 7) is 0. The lowest BCUT2D eigenvalue weighted by Crippen LogP contribution is -2.48. The van der Waals surface area contributed by atoms with Gasteiger partial charge in [0.1, 0.15) is 0 Å². The lowest BCUT2D eigenvalue weighted by Gasteiger charge is -2.36. The van der Waals surface area contributed by atoms with Gasteiger partial charge >= 0.3 is 6.03 Å². The van der Waals surface area contributed by atoms with E-state index in [-0.39, 0.29) is 6.03 Å². The van der Waals surface area contributed by atoms with Crippen molar-refractivity contribution in [2.45, 2.75) is 140 Å². The van der Waals surface area contributed by atoms with E-state index in [1.165, 1.54) is 89.9 Å². The number of urea groups is 1. The zero-order chi connectivity index (χ0) is 19.9. The van der Waals surface area contributed by atoms with Crippen LogP contribution in [0.25, 0.3) is 0 Å². The van der Waals surface area contributed by atoms with Gasteiger partial charge in [-0.15, -0.1) is 0 Å². The van der Waals surface area contributed by atoms with Crippen molar-refractivity contribution in [3.63, 3.8) is 0 Å². The quantitative estimate of drug-likeness (QED) is 0.583. The molecular formula is C25H44N2O2. The molecule has 4 heteroatoms. The van der Waals surface area contributed by atoms with Crippen molar-refractivity contribution >= 4 is 6.03 Å². The predicted octanol–water partition coefficient (Wildman–Crippen LogP) is 6.09. The fraction of sp³-hybridized carbons (Fsp3) is 0.960. The molecule has 0 saturated heterocycles. The van der Waals surface area contributed by atoms with Gasteiger partial charge in [0, 0.05) is 12.1 Å². The molecular weight excluding hydrogens is 360 g/mol. The Labute approximate surface area is 178 Å². The summed E-state index contributed by atoms with van der Waals surface area (Å²) in [6.07, 6.45) is 24.1. The van der Waals surface area contributed by atoms with Crippen molar-refractivity contribution in [2.75, 3.05) is 0 Å². The number of carbonyl (C=O) groups is 1. The third-order valence-electron chi connectivity index (χ3n) is 8.37. The molecule has 0 aliphatic heterocycles. The molecule has 29 heavy (non-hydrogen) atoms. The molecule has 0 heterocycles. The molecule has 0 atom stereocenters. The molecule has 2 amide bonds. The van der Waals surface area contributed by atoms with Crippen molar-refractivity contribution < 1.29 is 9.53 Å². The molecule has 0 bridgehead atoms. The van der Waals surface area contributed by atoms with Gasteiger partial charge in [0.05, 0.1) is 12.2 Å². The summed E-state index contributed by atoms with van der Waals surface area (Å²) < 4.78 is 6.34. The third kappa shape index (κ3) is 6.60. The Bertz CT molecular complexity index is 483. The first-order valence-corrected chi connectivity index (χ1v) is 13.0. The summed E-state index contributed by atoms with van der Waals surface area (Å²) in [6, 6.07) is 0.795. The molecule has 0 radical (unpaired) electrons. The first-order chi connectivity index (χ1) is 14.3. The van der Waals surface area contributed by atoms with E-state index in [9.17, 15) is 4.79 Å². The lowest BCUT2D eigenvalue weighted by molar-refractivity contribution is -0.0477. The fourth-order valence-electron chi connectivity index (χ4n) is 6.57. The zero-order valence-electron chi connectivity index (χ0n) is 18.5. The Balaban J connectivity index is 1.09. The minimum Gasteiger partial charge on any atom is -0.375 e. The molecule has 2 N–H and O–H groups in total. The lowest BCUT2D eigenvalue weighted by atomic mass is 9.72. The van der Waals surface area contributed by atoms with E-state index in [1.54, 1.807) is 0 Å². The van der Waals surface area contributed by atoms with Crippen LogP contribution in [-0.2, 0) is 4.74 Å². The van der Waals surface area contributed by atoms with Gasteiger partial charge in [-0.05, 0) is 76.0 Å². The van der Waals surface area contributed by atoms with E-state index in [1.807, 2.05) is 0 Å². The largest absolute Gasteiger partial charge is 0.375 e. The Morgan fingerprint density at radius 1 is 0.517 bits per heavy atom. The zero-order valence-corrected chi connectivity index (χ0v) is 18.5. The topological polar surface area (TPSA) is 50.4 Å². The number of ether oxygens (including phenoxy) is 1. The van der Waals surface area contributed by atoms with Crippen LogP contribution in [0.5, 0.6) is 0 Å². The summed E-state index contributed by atoms with van der Waals surface area (Å²) in [7, 11) is 0. The molecule has 0 aromatic heterocycles. The Morgan fingerprint density at radius 2 is 0.966 bits per heavy atom. The molecule has 4 rings (SSSR count). The van der Waals surface area contributed by atoms with Gasteiger partial charge in [-0.1, -0.05) is 51.4 Å². The van der Waals surface area contributed by atoms with Crippen LogP contribution in [0.3, 0.4) is 0 Å². The number of nitrogens with one attached hydrogen (secondary N) is 2. The standard InChI is InChI=1S/C25H44N2O2/c28-25(26-21-13-11-20(12-14-21)19-7-3-1-4-8-19)27-22-15-17-24(18-16-22)29-23-9-5-2-6-10-23/h19-24H,1-18H2,(H2,26,27,28). The first-order valence-electron chi connectivity index (χ1n) is 13.0. The molecule has 4 aliphatic carbocycles. The van der Waals surface area contributed by atoms with E-state index in [0.29, 0.717) is 24.3 Å². The summed E-state index contributed by atoms with van der Waals surface area (Å²) in [5.74, 6) is 1.90. The van der Waals surface area contributed by atoms with E-state index < -0.39 is 0 Å². The van der Waals surface area contributed by atoms with E-state index >= 15 is 0 Å². The summed E-state index contributed by atoms with van der Waals surface area (Å²) in [5.41, 5.74) is 0. The van der Waals surface area contributed by atoms with Crippen molar-refractivity contribution in [1.29, 1.82) is 0 Å². The first kappa shape index (κ1) is 21.5. The maximum absolute atomic E-state index is 12.5. The Kier molecular flexibility index (Phi) is 8.16. The van der Waals surface area contributed by atoms with Gasteiger partial charge in [-0.25, -0.2) is 4.79 Å². The minimum atomic E-state index is 0.0720. The van der Waals surface area contributed by atoms with Gasteiger partial charge in [0.15, 0.2) is 0 Å². The van der Waals surface area contributed by atoms with Crippen molar-refractivity contribution in [2.24, 2.45) is 11.8 Å². The highest BCUT2D eigenvalue weighted by molar-refractivity contribution is 5.74. The fourth-order valence-corrected chi connectivity index (χ4v) is 6.57. The Hall–Kier alpha value is -0.770. The average Bonchev–Trinajstić information content (AvgIpc) is 2.77. The molecule has 4 fully saturated rings. The van der Waals surface area contributed by atoms with Gasteiger partial charge in [-0.3, -0.25) is 0 Å². The van der Waals surface area contributed by atoms with Crippen LogP contribution >= 0.6 is 0 Å². The van der Waals surface area contributed by atoms with Crippen LogP contribution in [0.4, 0.5) is 4.79 Å². The summed E-state index contributed by atoms with van der Waals surface area (Å²) in [4.78, 5) is 12.5. The second-order valence-electron chi connectivity index (χ2n) is 10.5. The molecule has 166 valence electrons. The van der Waals surface area contributed by atoms with Crippen LogP contribution in [0.2, 0.25) is 0 Å². The molecule has 4 aliphatic rings. The number of rotatable bonds is 5. The van der Waals surface area contributed by atoms with E-state index in [0.717, 1.165) is 37.5 Å². The van der Waals surface area contributed by atoms with Crippen LogP contribution in [-0.4, -0.2) is 30.3 Å². The van der Waals surface area contributed by atoms with Gasteiger partial charge in [0.2, 0.25) is 0 Å². The van der Waals surface area contributed by atoms with Crippen molar-refractivity contribution in [3.05, 3.63) is 0 Å². The molecule has 0 unspecified atom stereocenters. The summed E-state index contributed by atoms with van der Waals surface area (Å²) >= 11 is 0. The SMILES string of the molecule is O=C(NC1CCC(OC2CCCCC2)CC1)NC1CCC(C2CCCCC2)CC1. The average molecular weight is 405 g/mol. The van der Waals surface area contributed by atoms with Crippen LogP contribution < -0.4 is 10.6 Å². The third-order valence-corrected chi connectivity index (χ3v) is 8.37. The van der Waals surface area contributed by atoms with Crippen molar-refractivity contribution in [3.8, 4) is 0 Å². The number of hydrogen-bond acceptors (Lipinski definition) is 2. The molecule has 0 aromatic carbocycles. The monoisotopic (exact) mass is 404 g/mol. The van der Waals surface area contributed by atoms with Crippen LogP contribution in [0.15, 0.2) is 0 Å². The predicted molar refractivity (Wildman–Crippen MR) is 118 cm³/mol. The van der Waals surface area contributed by atoms with Gasteiger partial charge < -0.3 is 15.4 Å². The van der Waals surface area contributed by atoms with Gasteiger partial charge in [0.25, 0.3) is 0 Å². The Morgan fingerprint density at radius 3 is 1.55 bits per heavy atom. The highest BCUT2D eigenvalue weighted by Gasteiger charge is 2.30. The second-order valence-corrected chi connectivity index (χ2v) is 10.5. The van der Waals surface area contributed by atoms with Gasteiger partial charge in [-0.2, -0.15) is 0 Å². The number of amides is 2. The highest BCUT2D eigenvalue weighted by atomic mass is 16.5. The second kappa shape index (κ2) is 11.0. The van der Waals surface area contributed by atoms with E-state index in [2.05, 4.69) is 10.6 Å². The van der Waals surface area contributed by atoms with Crippen LogP contribution in [0.1, 0.15) is 116 Å². The molecule has 0 aromatic rings. The van der Waals surface area contributed by atoms with Crippen molar-refractivity contribution in [1.82, 2.24) is 10.6 Å².